The minimum absolute atomic E-state index is 0.318. The van der Waals surface area contributed by atoms with Crippen LogP contribution in [-0.4, -0.2) is 16.8 Å². The van der Waals surface area contributed by atoms with E-state index in [0.29, 0.717) is 11.6 Å². The Hall–Kier alpha value is -1.45. The van der Waals surface area contributed by atoms with Gasteiger partial charge in [0.2, 0.25) is 0 Å². The molecular weight excluding hydrogens is 274 g/mol. The first-order chi connectivity index (χ1) is 9.67. The maximum atomic E-state index is 10.0. The van der Waals surface area contributed by atoms with Gasteiger partial charge < -0.3 is 14.4 Å². The van der Waals surface area contributed by atoms with Gasteiger partial charge in [0.1, 0.15) is 5.75 Å². The Balaban J connectivity index is 1.90. The van der Waals surface area contributed by atoms with E-state index in [4.69, 9.17) is 16.3 Å². The molecule has 1 unspecified atom stereocenters. The average molecular weight is 292 g/mol. The van der Waals surface area contributed by atoms with Gasteiger partial charge in [-0.15, -0.1) is 0 Å². The van der Waals surface area contributed by atoms with Gasteiger partial charge >= 0.3 is 0 Å². The zero-order chi connectivity index (χ0) is 14.1. The second kappa shape index (κ2) is 5.51. The molecule has 1 aliphatic rings. The van der Waals surface area contributed by atoms with Crippen molar-refractivity contribution >= 4 is 11.6 Å². The fourth-order valence-electron chi connectivity index (χ4n) is 2.88. The summed E-state index contributed by atoms with van der Waals surface area (Å²) in [7, 11) is 1.66. The smallest absolute Gasteiger partial charge is 0.123 e. The van der Waals surface area contributed by atoms with Gasteiger partial charge in [0.05, 0.1) is 19.8 Å². The lowest BCUT2D eigenvalue weighted by Crippen LogP contribution is -2.05. The van der Waals surface area contributed by atoms with E-state index in [9.17, 15) is 5.11 Å². The van der Waals surface area contributed by atoms with E-state index >= 15 is 0 Å². The largest absolute Gasteiger partial charge is 0.496 e. The number of aliphatic hydroxyl groups is 1. The monoisotopic (exact) mass is 291 g/mol. The van der Waals surface area contributed by atoms with Gasteiger partial charge in [-0.25, -0.2) is 0 Å². The lowest BCUT2D eigenvalue weighted by molar-refractivity contribution is 0.157. The summed E-state index contributed by atoms with van der Waals surface area (Å²) in [5.74, 6) is 0.835. The highest BCUT2D eigenvalue weighted by atomic mass is 35.5. The number of hydrogen-bond acceptors (Lipinski definition) is 2. The topological polar surface area (TPSA) is 34.4 Å². The minimum atomic E-state index is -0.318. The number of nitrogens with zero attached hydrogens (tertiary/aromatic N) is 1. The van der Waals surface area contributed by atoms with Crippen LogP contribution in [0, 0.1) is 0 Å². The third-order valence-electron chi connectivity index (χ3n) is 3.88. The van der Waals surface area contributed by atoms with Crippen molar-refractivity contribution in [2.24, 2.45) is 0 Å². The van der Waals surface area contributed by atoms with Crippen molar-refractivity contribution in [2.45, 2.75) is 31.9 Å². The van der Waals surface area contributed by atoms with E-state index in [2.05, 4.69) is 10.8 Å². The summed E-state index contributed by atoms with van der Waals surface area (Å²) in [6, 6.07) is 5.64. The van der Waals surface area contributed by atoms with Crippen molar-refractivity contribution in [2.75, 3.05) is 7.11 Å². The van der Waals surface area contributed by atoms with E-state index in [1.807, 2.05) is 24.4 Å². The zero-order valence-electron chi connectivity index (χ0n) is 11.5. The molecule has 0 spiro atoms. The molecule has 0 aliphatic heterocycles. The Morgan fingerprint density at radius 1 is 1.40 bits per heavy atom. The molecular formula is C16H18ClNO2. The standard InChI is InChI=1S/C16H18ClNO2/c1-20-16-6-5-13(17)7-12(16)9-18-8-11-3-2-4-15(19)14(11)10-18/h5-8,10,15,19H,2-4,9H2,1H3. The molecule has 0 radical (unpaired) electrons. The second-order valence-electron chi connectivity index (χ2n) is 5.28. The van der Waals surface area contributed by atoms with Crippen molar-refractivity contribution in [3.05, 3.63) is 52.3 Å². The number of aryl methyl sites for hydroxylation is 1. The number of hydrogen-bond donors (Lipinski definition) is 1. The van der Waals surface area contributed by atoms with Gasteiger partial charge in [-0.05, 0) is 43.0 Å². The summed E-state index contributed by atoms with van der Waals surface area (Å²) >= 11 is 6.06. The molecule has 1 heterocycles. The molecule has 1 aromatic heterocycles. The summed E-state index contributed by atoms with van der Waals surface area (Å²) in [6.45, 7) is 0.698. The molecule has 3 rings (SSSR count). The summed E-state index contributed by atoms with van der Waals surface area (Å²) < 4.78 is 7.48. The maximum Gasteiger partial charge on any atom is 0.123 e. The van der Waals surface area contributed by atoms with Crippen molar-refractivity contribution in [1.82, 2.24) is 4.57 Å². The molecule has 1 atom stereocenters. The Bertz CT molecular complexity index is 621. The van der Waals surface area contributed by atoms with E-state index in [-0.39, 0.29) is 6.10 Å². The van der Waals surface area contributed by atoms with E-state index in [1.54, 1.807) is 7.11 Å². The first kappa shape index (κ1) is 13.5. The van der Waals surface area contributed by atoms with Crippen LogP contribution in [0.3, 0.4) is 0 Å². The van der Waals surface area contributed by atoms with Gasteiger partial charge in [0.25, 0.3) is 0 Å². The summed E-state index contributed by atoms with van der Waals surface area (Å²) in [6.07, 6.45) is 6.81. The molecule has 0 bridgehead atoms. The fraction of sp³-hybridized carbons (Fsp3) is 0.375. The Morgan fingerprint density at radius 2 is 2.25 bits per heavy atom. The Labute approximate surface area is 123 Å². The number of methoxy groups -OCH3 is 1. The van der Waals surface area contributed by atoms with Gasteiger partial charge in [-0.1, -0.05) is 11.6 Å². The third-order valence-corrected chi connectivity index (χ3v) is 4.11. The molecule has 0 fully saturated rings. The lowest BCUT2D eigenvalue weighted by Gasteiger charge is -2.16. The normalized spacial score (nSPS) is 17.9. The fourth-order valence-corrected chi connectivity index (χ4v) is 3.08. The molecule has 3 nitrogen and oxygen atoms in total. The second-order valence-corrected chi connectivity index (χ2v) is 5.71. The van der Waals surface area contributed by atoms with Crippen molar-refractivity contribution in [3.8, 4) is 5.75 Å². The predicted octanol–water partition coefficient (Wildman–Crippen LogP) is 3.57. The van der Waals surface area contributed by atoms with Gasteiger partial charge in [0, 0.05) is 28.5 Å². The van der Waals surface area contributed by atoms with Crippen LogP contribution in [-0.2, 0) is 13.0 Å². The van der Waals surface area contributed by atoms with Crippen LogP contribution in [0.1, 0.15) is 35.6 Å². The van der Waals surface area contributed by atoms with Gasteiger partial charge in [0.15, 0.2) is 0 Å². The third kappa shape index (κ3) is 2.56. The molecule has 1 aromatic carbocycles. The summed E-state index contributed by atoms with van der Waals surface area (Å²) in [5, 5.41) is 10.7. The maximum absolute atomic E-state index is 10.0. The van der Waals surface area contributed by atoms with E-state index in [1.165, 1.54) is 5.56 Å². The first-order valence-corrected chi connectivity index (χ1v) is 7.24. The Kier molecular flexibility index (Phi) is 3.72. The molecule has 106 valence electrons. The lowest BCUT2D eigenvalue weighted by atomic mass is 9.93. The molecule has 4 heteroatoms. The number of aromatic nitrogens is 1. The van der Waals surface area contributed by atoms with Crippen LogP contribution >= 0.6 is 11.6 Å². The van der Waals surface area contributed by atoms with Crippen LogP contribution in [0.2, 0.25) is 5.02 Å². The van der Waals surface area contributed by atoms with Crippen LogP contribution in [0.4, 0.5) is 0 Å². The quantitative estimate of drug-likeness (QED) is 0.938. The molecule has 2 aromatic rings. The van der Waals surface area contributed by atoms with Gasteiger partial charge in [-0.2, -0.15) is 0 Å². The molecule has 20 heavy (non-hydrogen) atoms. The number of halogens is 1. The van der Waals surface area contributed by atoms with E-state index in [0.717, 1.165) is 36.1 Å². The van der Waals surface area contributed by atoms with Crippen LogP contribution in [0.5, 0.6) is 5.75 Å². The van der Waals surface area contributed by atoms with Crippen molar-refractivity contribution < 1.29 is 9.84 Å². The number of aliphatic hydroxyl groups excluding tert-OH is 1. The summed E-state index contributed by atoms with van der Waals surface area (Å²) in [4.78, 5) is 0. The minimum Gasteiger partial charge on any atom is -0.496 e. The van der Waals surface area contributed by atoms with Crippen LogP contribution < -0.4 is 4.74 Å². The van der Waals surface area contributed by atoms with Crippen molar-refractivity contribution in [3.63, 3.8) is 0 Å². The predicted molar refractivity (Wildman–Crippen MR) is 79.4 cm³/mol. The Morgan fingerprint density at radius 3 is 3.00 bits per heavy atom. The molecule has 0 amide bonds. The highest BCUT2D eigenvalue weighted by Crippen LogP contribution is 2.31. The number of fused-ring (bicyclic) bond motifs is 1. The van der Waals surface area contributed by atoms with Crippen LogP contribution in [0.15, 0.2) is 30.6 Å². The number of rotatable bonds is 3. The SMILES string of the molecule is COc1ccc(Cl)cc1Cn1cc2c(c1)C(O)CCC2. The highest BCUT2D eigenvalue weighted by molar-refractivity contribution is 6.30. The molecule has 1 N–H and O–H groups in total. The summed E-state index contributed by atoms with van der Waals surface area (Å²) in [5.41, 5.74) is 3.36. The number of benzene rings is 1. The molecule has 1 aliphatic carbocycles. The molecule has 0 saturated carbocycles. The molecule has 0 saturated heterocycles. The average Bonchev–Trinajstić information content (AvgIpc) is 2.83. The first-order valence-electron chi connectivity index (χ1n) is 6.86. The highest BCUT2D eigenvalue weighted by Gasteiger charge is 2.20. The van der Waals surface area contributed by atoms with Crippen molar-refractivity contribution in [1.29, 1.82) is 0 Å². The number of ether oxygens (including phenoxy) is 1. The van der Waals surface area contributed by atoms with Gasteiger partial charge in [-0.3, -0.25) is 0 Å². The van der Waals surface area contributed by atoms with E-state index < -0.39 is 0 Å². The zero-order valence-corrected chi connectivity index (χ0v) is 12.2. The van der Waals surface area contributed by atoms with Crippen LogP contribution in [0.25, 0.3) is 0 Å².